The first-order valence-corrected chi connectivity index (χ1v) is 11.6. The minimum absolute atomic E-state index is 0.0790. The molecule has 1 aromatic carbocycles. The zero-order valence-electron chi connectivity index (χ0n) is 20.5. The van der Waals surface area contributed by atoms with Crippen molar-refractivity contribution >= 4 is 11.8 Å². The number of rotatable bonds is 8. The summed E-state index contributed by atoms with van der Waals surface area (Å²) in [4.78, 5) is 25.7. The highest BCUT2D eigenvalue weighted by atomic mass is 16.5. The summed E-state index contributed by atoms with van der Waals surface area (Å²) in [5.74, 6) is 0.873. The number of fused-ring (bicyclic) bond motifs is 1. The van der Waals surface area contributed by atoms with E-state index in [1.807, 2.05) is 57.6 Å². The first kappa shape index (κ1) is 24.0. The van der Waals surface area contributed by atoms with Crippen LogP contribution in [0.25, 0.3) is 0 Å². The van der Waals surface area contributed by atoms with Crippen LogP contribution >= 0.6 is 0 Å². The van der Waals surface area contributed by atoms with E-state index in [4.69, 9.17) is 10.1 Å². The Labute approximate surface area is 191 Å². The number of esters is 1. The monoisotopic (exact) mass is 439 g/mol. The van der Waals surface area contributed by atoms with Gasteiger partial charge in [0.1, 0.15) is 5.75 Å². The lowest BCUT2D eigenvalue weighted by atomic mass is 9.79. The van der Waals surface area contributed by atoms with E-state index in [0.717, 1.165) is 36.9 Å². The van der Waals surface area contributed by atoms with Gasteiger partial charge in [-0.3, -0.25) is 15.0 Å². The van der Waals surface area contributed by atoms with Crippen LogP contribution in [0.15, 0.2) is 24.5 Å². The SMILES string of the molecule is CCC(CC)CCn1ccn(CC(=O)c2cc(C(C)(C)C)c3c(c2)C(C)(C)C(=O)O3)c1=N. The number of ketones is 1. The maximum Gasteiger partial charge on any atom is 0.321 e. The van der Waals surface area contributed by atoms with Crippen molar-refractivity contribution in [3.8, 4) is 5.75 Å². The van der Waals surface area contributed by atoms with Crippen LogP contribution in [0.1, 0.15) is 89.2 Å². The Morgan fingerprint density at radius 1 is 1.12 bits per heavy atom. The number of aromatic nitrogens is 2. The van der Waals surface area contributed by atoms with E-state index in [1.165, 1.54) is 0 Å². The van der Waals surface area contributed by atoms with Gasteiger partial charge in [-0.1, -0.05) is 47.5 Å². The molecule has 0 radical (unpaired) electrons. The number of carbonyl (C=O) groups is 2. The fourth-order valence-corrected chi connectivity index (χ4v) is 4.29. The van der Waals surface area contributed by atoms with Crippen molar-refractivity contribution in [2.75, 3.05) is 0 Å². The Hall–Kier alpha value is -2.63. The van der Waals surface area contributed by atoms with Crippen molar-refractivity contribution in [1.82, 2.24) is 9.13 Å². The number of carbonyl (C=O) groups excluding carboxylic acids is 2. The van der Waals surface area contributed by atoms with E-state index in [0.29, 0.717) is 22.8 Å². The number of hydrogen-bond acceptors (Lipinski definition) is 4. The molecule has 0 amide bonds. The van der Waals surface area contributed by atoms with Crippen molar-refractivity contribution in [2.45, 2.75) is 91.6 Å². The quantitative estimate of drug-likeness (QED) is 0.358. The molecule has 3 rings (SSSR count). The van der Waals surface area contributed by atoms with Crippen LogP contribution in [0, 0.1) is 11.3 Å². The number of nitrogens with one attached hydrogen (secondary N) is 1. The first-order chi connectivity index (χ1) is 14.9. The van der Waals surface area contributed by atoms with E-state index in [-0.39, 0.29) is 23.7 Å². The number of hydrogen-bond donors (Lipinski definition) is 1. The third-order valence-electron chi connectivity index (χ3n) is 6.81. The normalized spacial score (nSPS) is 15.2. The molecule has 1 aliphatic heterocycles. The van der Waals surface area contributed by atoms with Crippen molar-refractivity contribution in [3.05, 3.63) is 46.8 Å². The summed E-state index contributed by atoms with van der Waals surface area (Å²) in [7, 11) is 0. The highest BCUT2D eigenvalue weighted by Crippen LogP contribution is 2.46. The molecule has 2 aromatic rings. The van der Waals surface area contributed by atoms with Crippen molar-refractivity contribution in [3.63, 3.8) is 0 Å². The zero-order chi connectivity index (χ0) is 23.8. The van der Waals surface area contributed by atoms with Crippen LogP contribution in [-0.2, 0) is 28.7 Å². The molecule has 0 aliphatic carbocycles. The van der Waals surface area contributed by atoms with Crippen LogP contribution < -0.4 is 10.4 Å². The van der Waals surface area contributed by atoms with Gasteiger partial charge in [0.25, 0.3) is 0 Å². The van der Waals surface area contributed by atoms with Crippen LogP contribution in [-0.4, -0.2) is 20.9 Å². The molecule has 6 heteroatoms. The van der Waals surface area contributed by atoms with Gasteiger partial charge in [-0.15, -0.1) is 0 Å². The molecular weight excluding hydrogens is 402 g/mol. The average Bonchev–Trinajstić information content (AvgIpc) is 3.17. The van der Waals surface area contributed by atoms with E-state index in [9.17, 15) is 9.59 Å². The van der Waals surface area contributed by atoms with Crippen LogP contribution in [0.3, 0.4) is 0 Å². The van der Waals surface area contributed by atoms with Crippen molar-refractivity contribution in [1.29, 1.82) is 5.41 Å². The van der Waals surface area contributed by atoms with E-state index in [2.05, 4.69) is 13.8 Å². The van der Waals surface area contributed by atoms with Gasteiger partial charge in [-0.05, 0) is 43.7 Å². The molecule has 0 saturated carbocycles. The molecule has 6 nitrogen and oxygen atoms in total. The molecule has 2 heterocycles. The molecule has 0 atom stereocenters. The Morgan fingerprint density at radius 2 is 1.75 bits per heavy atom. The molecule has 32 heavy (non-hydrogen) atoms. The second kappa shape index (κ2) is 8.72. The minimum atomic E-state index is -0.794. The van der Waals surface area contributed by atoms with Crippen molar-refractivity contribution in [2.24, 2.45) is 5.92 Å². The van der Waals surface area contributed by atoms with Gasteiger partial charge in [-0.2, -0.15) is 0 Å². The van der Waals surface area contributed by atoms with Gasteiger partial charge >= 0.3 is 5.97 Å². The Bertz CT molecular complexity index is 1080. The van der Waals surface area contributed by atoms with Crippen molar-refractivity contribution < 1.29 is 14.3 Å². The molecule has 0 bridgehead atoms. The predicted molar refractivity (Wildman–Crippen MR) is 125 cm³/mol. The van der Waals surface area contributed by atoms with E-state index >= 15 is 0 Å². The summed E-state index contributed by atoms with van der Waals surface area (Å²) < 4.78 is 9.22. The van der Waals surface area contributed by atoms with Crippen LogP contribution in [0.5, 0.6) is 5.75 Å². The molecule has 1 aliphatic rings. The maximum atomic E-state index is 13.3. The average molecular weight is 440 g/mol. The van der Waals surface area contributed by atoms with Crippen LogP contribution in [0.4, 0.5) is 0 Å². The fraction of sp³-hybridized carbons (Fsp3) is 0.577. The van der Waals surface area contributed by atoms with Crippen LogP contribution in [0.2, 0.25) is 0 Å². The summed E-state index contributed by atoms with van der Waals surface area (Å²) in [5.41, 5.74) is 1.43. The second-order valence-corrected chi connectivity index (χ2v) is 10.5. The van der Waals surface area contributed by atoms with Gasteiger partial charge in [0.2, 0.25) is 5.62 Å². The summed E-state index contributed by atoms with van der Waals surface area (Å²) in [6.07, 6.45) is 7.00. The number of aryl methyl sites for hydroxylation is 1. The number of Topliss-reactive ketones (excluding diaryl/α,β-unsaturated/α-hetero) is 1. The molecule has 0 saturated heterocycles. The van der Waals surface area contributed by atoms with Gasteiger partial charge in [-0.25, -0.2) is 0 Å². The Balaban J connectivity index is 1.89. The standard InChI is InChI=1S/C26H37N3O3/c1-8-17(9-2)10-11-28-12-13-29(24(28)27)16-21(30)18-14-19(25(3,4)5)22-20(15-18)26(6,7)23(31)32-22/h12-15,17,27H,8-11,16H2,1-7H3. The Morgan fingerprint density at radius 3 is 2.34 bits per heavy atom. The topological polar surface area (TPSA) is 77.1 Å². The van der Waals surface area contributed by atoms with E-state index in [1.54, 1.807) is 10.6 Å². The van der Waals surface area contributed by atoms with Gasteiger partial charge in [0.15, 0.2) is 5.78 Å². The lowest BCUT2D eigenvalue weighted by Crippen LogP contribution is -2.28. The molecule has 1 aromatic heterocycles. The number of benzene rings is 1. The summed E-state index contributed by atoms with van der Waals surface area (Å²) in [6.45, 7) is 15.1. The number of nitrogens with zero attached hydrogens (tertiary/aromatic N) is 2. The van der Waals surface area contributed by atoms with E-state index < -0.39 is 5.41 Å². The number of ether oxygens (including phenoxy) is 1. The summed E-state index contributed by atoms with van der Waals surface area (Å²) in [5, 5.41) is 8.50. The molecule has 1 N–H and O–H groups in total. The highest BCUT2D eigenvalue weighted by molar-refractivity contribution is 5.99. The predicted octanol–water partition coefficient (Wildman–Crippen LogP) is 4.97. The second-order valence-electron chi connectivity index (χ2n) is 10.5. The summed E-state index contributed by atoms with van der Waals surface area (Å²) in [6, 6.07) is 3.65. The third-order valence-corrected chi connectivity index (χ3v) is 6.81. The lowest BCUT2D eigenvalue weighted by molar-refractivity contribution is -0.137. The first-order valence-electron chi connectivity index (χ1n) is 11.6. The zero-order valence-corrected chi connectivity index (χ0v) is 20.5. The largest absolute Gasteiger partial charge is 0.425 e. The molecule has 0 unspecified atom stereocenters. The number of imidazole rings is 1. The van der Waals surface area contributed by atoms with Gasteiger partial charge < -0.3 is 13.9 Å². The fourth-order valence-electron chi connectivity index (χ4n) is 4.29. The highest BCUT2D eigenvalue weighted by Gasteiger charge is 2.44. The van der Waals surface area contributed by atoms with Gasteiger partial charge in [0, 0.05) is 35.6 Å². The van der Waals surface area contributed by atoms with Gasteiger partial charge in [0.05, 0.1) is 12.0 Å². The molecule has 0 fully saturated rings. The molecule has 174 valence electrons. The molecule has 0 spiro atoms. The molecular formula is C26H37N3O3. The Kier molecular flexibility index (Phi) is 6.55. The third kappa shape index (κ3) is 4.45. The smallest absolute Gasteiger partial charge is 0.321 e. The summed E-state index contributed by atoms with van der Waals surface area (Å²) >= 11 is 0. The minimum Gasteiger partial charge on any atom is -0.425 e. The maximum absolute atomic E-state index is 13.3. The lowest BCUT2D eigenvalue weighted by Gasteiger charge is -2.23.